The summed E-state index contributed by atoms with van der Waals surface area (Å²) in [5, 5.41) is 2.95. The van der Waals surface area contributed by atoms with Crippen LogP contribution in [0.25, 0.3) is 0 Å². The minimum atomic E-state index is -0.320. The zero-order valence-electron chi connectivity index (χ0n) is 12.0. The number of ether oxygens (including phenoxy) is 1. The van der Waals surface area contributed by atoms with Gasteiger partial charge in [0.15, 0.2) is 0 Å². The highest BCUT2D eigenvalue weighted by Gasteiger charge is 2.19. The van der Waals surface area contributed by atoms with E-state index in [0.29, 0.717) is 17.7 Å². The van der Waals surface area contributed by atoms with Gasteiger partial charge in [0.2, 0.25) is 0 Å². The predicted octanol–water partition coefficient (Wildman–Crippen LogP) is 4.15. The van der Waals surface area contributed by atoms with E-state index in [4.69, 9.17) is 4.74 Å². The lowest BCUT2D eigenvalue weighted by atomic mass is 10.0. The first-order chi connectivity index (χ1) is 9.06. The van der Waals surface area contributed by atoms with E-state index >= 15 is 0 Å². The molecular formula is C16H23NO2. The van der Waals surface area contributed by atoms with Crippen molar-refractivity contribution in [3.8, 4) is 5.75 Å². The summed E-state index contributed by atoms with van der Waals surface area (Å²) in [6.07, 6.45) is 4.22. The van der Waals surface area contributed by atoms with Crippen LogP contribution in [0.4, 0.5) is 4.79 Å². The monoisotopic (exact) mass is 261 g/mol. The Labute approximate surface area is 115 Å². The largest absolute Gasteiger partial charge is 0.412 e. The van der Waals surface area contributed by atoms with Gasteiger partial charge in [-0.15, -0.1) is 0 Å². The summed E-state index contributed by atoms with van der Waals surface area (Å²) in [6.45, 7) is 6.21. The van der Waals surface area contributed by atoms with Crippen molar-refractivity contribution in [2.75, 3.05) is 0 Å². The smallest absolute Gasteiger partial charge is 0.410 e. The predicted molar refractivity (Wildman–Crippen MR) is 76.7 cm³/mol. The van der Waals surface area contributed by atoms with Crippen molar-refractivity contribution < 1.29 is 9.53 Å². The number of carbonyl (C=O) groups is 1. The molecule has 1 aliphatic carbocycles. The molecule has 1 aromatic rings. The third-order valence-electron chi connectivity index (χ3n) is 3.67. The van der Waals surface area contributed by atoms with E-state index in [1.807, 2.05) is 19.1 Å². The van der Waals surface area contributed by atoms with Gasteiger partial charge in [-0.3, -0.25) is 0 Å². The number of benzene rings is 1. The van der Waals surface area contributed by atoms with Crippen LogP contribution >= 0.6 is 0 Å². The van der Waals surface area contributed by atoms with Gasteiger partial charge in [0.05, 0.1) is 0 Å². The molecule has 0 radical (unpaired) electrons. The van der Waals surface area contributed by atoms with Gasteiger partial charge < -0.3 is 10.1 Å². The van der Waals surface area contributed by atoms with Crippen LogP contribution in [0.1, 0.15) is 56.6 Å². The molecule has 0 bridgehead atoms. The summed E-state index contributed by atoms with van der Waals surface area (Å²) < 4.78 is 5.50. The first-order valence-corrected chi connectivity index (χ1v) is 7.15. The van der Waals surface area contributed by atoms with Gasteiger partial charge in [0.25, 0.3) is 0 Å². The Morgan fingerprint density at radius 1 is 1.32 bits per heavy atom. The Morgan fingerprint density at radius 3 is 2.63 bits per heavy atom. The van der Waals surface area contributed by atoms with Crippen molar-refractivity contribution in [1.29, 1.82) is 0 Å². The second-order valence-corrected chi connectivity index (χ2v) is 5.71. The molecule has 19 heavy (non-hydrogen) atoms. The molecule has 0 atom stereocenters. The lowest BCUT2D eigenvalue weighted by Gasteiger charge is -2.16. The molecule has 0 aromatic heterocycles. The molecule has 0 aliphatic heterocycles. The summed E-state index contributed by atoms with van der Waals surface area (Å²) in [6, 6.07) is 6.32. The van der Waals surface area contributed by atoms with Gasteiger partial charge in [-0.05, 0) is 42.9 Å². The molecule has 1 amide bonds. The number of nitrogens with one attached hydrogen (secondary N) is 1. The van der Waals surface area contributed by atoms with Crippen LogP contribution in [-0.4, -0.2) is 12.1 Å². The highest BCUT2D eigenvalue weighted by atomic mass is 16.6. The maximum atomic E-state index is 11.9. The van der Waals surface area contributed by atoms with E-state index in [2.05, 4.69) is 25.2 Å². The Kier molecular flexibility index (Phi) is 4.46. The average Bonchev–Trinajstić information content (AvgIpc) is 2.81. The van der Waals surface area contributed by atoms with Crippen LogP contribution in [0.5, 0.6) is 5.75 Å². The molecular weight excluding hydrogens is 238 g/mol. The number of hydrogen-bond donors (Lipinski definition) is 1. The zero-order valence-corrected chi connectivity index (χ0v) is 12.0. The SMILES string of the molecule is Cc1ccc(C(C)C)c(OC(=O)NC2CCCC2)c1. The summed E-state index contributed by atoms with van der Waals surface area (Å²) in [7, 11) is 0. The molecule has 0 unspecified atom stereocenters. The summed E-state index contributed by atoms with van der Waals surface area (Å²) in [5.74, 6) is 1.03. The highest BCUT2D eigenvalue weighted by molar-refractivity contribution is 5.71. The third kappa shape index (κ3) is 3.72. The molecule has 1 aliphatic rings. The number of hydrogen-bond acceptors (Lipinski definition) is 2. The minimum Gasteiger partial charge on any atom is -0.410 e. The lowest BCUT2D eigenvalue weighted by molar-refractivity contribution is 0.195. The van der Waals surface area contributed by atoms with Crippen LogP contribution in [0.3, 0.4) is 0 Å². The average molecular weight is 261 g/mol. The number of amides is 1. The van der Waals surface area contributed by atoms with Crippen LogP contribution in [0.2, 0.25) is 0 Å². The van der Waals surface area contributed by atoms with E-state index in [1.54, 1.807) is 0 Å². The Balaban J connectivity index is 2.04. The second kappa shape index (κ2) is 6.09. The van der Waals surface area contributed by atoms with Crippen molar-refractivity contribution in [2.24, 2.45) is 0 Å². The van der Waals surface area contributed by atoms with Gasteiger partial charge in [0, 0.05) is 6.04 Å². The van der Waals surface area contributed by atoms with Gasteiger partial charge in [-0.1, -0.05) is 38.8 Å². The first kappa shape index (κ1) is 13.9. The molecule has 3 nitrogen and oxygen atoms in total. The molecule has 3 heteroatoms. The highest BCUT2D eigenvalue weighted by Crippen LogP contribution is 2.27. The van der Waals surface area contributed by atoms with Crippen molar-refractivity contribution in [3.05, 3.63) is 29.3 Å². The van der Waals surface area contributed by atoms with Crippen molar-refractivity contribution in [1.82, 2.24) is 5.32 Å². The van der Waals surface area contributed by atoms with Crippen LogP contribution in [-0.2, 0) is 0 Å². The molecule has 1 fully saturated rings. The van der Waals surface area contributed by atoms with Gasteiger partial charge in [-0.2, -0.15) is 0 Å². The lowest BCUT2D eigenvalue weighted by Crippen LogP contribution is -2.35. The van der Waals surface area contributed by atoms with E-state index < -0.39 is 0 Å². The fourth-order valence-corrected chi connectivity index (χ4v) is 2.57. The molecule has 2 rings (SSSR count). The van der Waals surface area contributed by atoms with Crippen molar-refractivity contribution in [2.45, 2.75) is 58.4 Å². The topological polar surface area (TPSA) is 38.3 Å². The molecule has 0 heterocycles. The fourth-order valence-electron chi connectivity index (χ4n) is 2.57. The summed E-state index contributed by atoms with van der Waals surface area (Å²) in [5.41, 5.74) is 2.18. The van der Waals surface area contributed by atoms with Crippen LogP contribution in [0, 0.1) is 6.92 Å². The van der Waals surface area contributed by atoms with Gasteiger partial charge in [-0.25, -0.2) is 4.79 Å². The normalized spacial score (nSPS) is 15.8. The fraction of sp³-hybridized carbons (Fsp3) is 0.562. The van der Waals surface area contributed by atoms with E-state index in [-0.39, 0.29) is 6.09 Å². The van der Waals surface area contributed by atoms with Crippen molar-refractivity contribution >= 4 is 6.09 Å². The van der Waals surface area contributed by atoms with Gasteiger partial charge >= 0.3 is 6.09 Å². The Morgan fingerprint density at radius 2 is 2.00 bits per heavy atom. The number of rotatable bonds is 3. The summed E-state index contributed by atoms with van der Waals surface area (Å²) >= 11 is 0. The summed E-state index contributed by atoms with van der Waals surface area (Å²) in [4.78, 5) is 11.9. The van der Waals surface area contributed by atoms with Crippen LogP contribution in [0.15, 0.2) is 18.2 Å². The standard InChI is InChI=1S/C16H23NO2/c1-11(2)14-9-8-12(3)10-15(14)19-16(18)17-13-6-4-5-7-13/h8-11,13H,4-7H2,1-3H3,(H,17,18). The number of carbonyl (C=O) groups excluding carboxylic acids is 1. The number of aryl methyl sites for hydroxylation is 1. The van der Waals surface area contributed by atoms with E-state index in [1.165, 1.54) is 12.8 Å². The molecule has 104 valence electrons. The Hall–Kier alpha value is -1.51. The molecule has 0 saturated heterocycles. The van der Waals surface area contributed by atoms with Gasteiger partial charge in [0.1, 0.15) is 5.75 Å². The maximum Gasteiger partial charge on any atom is 0.412 e. The minimum absolute atomic E-state index is 0.291. The zero-order chi connectivity index (χ0) is 13.8. The van der Waals surface area contributed by atoms with Crippen molar-refractivity contribution in [3.63, 3.8) is 0 Å². The van der Waals surface area contributed by atoms with E-state index in [0.717, 1.165) is 24.0 Å². The maximum absolute atomic E-state index is 11.9. The Bertz CT molecular complexity index is 448. The molecule has 1 aromatic carbocycles. The van der Waals surface area contributed by atoms with E-state index in [9.17, 15) is 4.79 Å². The second-order valence-electron chi connectivity index (χ2n) is 5.71. The molecule has 1 saturated carbocycles. The quantitative estimate of drug-likeness (QED) is 0.887. The van der Waals surface area contributed by atoms with Crippen LogP contribution < -0.4 is 10.1 Å². The first-order valence-electron chi connectivity index (χ1n) is 7.15. The molecule has 1 N–H and O–H groups in total. The molecule has 0 spiro atoms. The third-order valence-corrected chi connectivity index (χ3v) is 3.67.